The molecule has 0 aliphatic carbocycles. The van der Waals surface area contributed by atoms with Crippen molar-refractivity contribution >= 4 is 5.97 Å². The molecule has 2 N–H and O–H groups in total. The molecule has 0 bridgehead atoms. The molecule has 10 heavy (non-hydrogen) atoms. The summed E-state index contributed by atoms with van der Waals surface area (Å²) in [6.45, 7) is 0.236. The lowest BCUT2D eigenvalue weighted by Gasteiger charge is -2.05. The molecule has 1 saturated heterocycles. The lowest BCUT2D eigenvalue weighted by atomic mass is 10.1. The van der Waals surface area contributed by atoms with Crippen LogP contribution in [0.5, 0.6) is 0 Å². The van der Waals surface area contributed by atoms with E-state index in [2.05, 4.69) is 4.89 Å². The summed E-state index contributed by atoms with van der Waals surface area (Å²) in [6, 6.07) is 0. The zero-order valence-corrected chi connectivity index (χ0v) is 5.19. The minimum absolute atomic E-state index is 0.112. The van der Waals surface area contributed by atoms with Gasteiger partial charge in [0.1, 0.15) is 5.92 Å². The first kappa shape index (κ1) is 7.46. The van der Waals surface area contributed by atoms with Crippen molar-refractivity contribution in [3.05, 3.63) is 0 Å². The highest BCUT2D eigenvalue weighted by Crippen LogP contribution is 2.14. The summed E-state index contributed by atoms with van der Waals surface area (Å²) in [5.41, 5.74) is 0. The maximum Gasteiger partial charge on any atom is 0.350 e. The Bertz CT molecular complexity index is 134. The maximum atomic E-state index is 10.5. The van der Waals surface area contributed by atoms with Crippen LogP contribution in [-0.4, -0.2) is 35.7 Å². The Kier molecular flexibility index (Phi) is 2.21. The molecule has 1 heterocycles. The van der Waals surface area contributed by atoms with Crippen molar-refractivity contribution in [2.75, 3.05) is 13.2 Å². The molecule has 0 unspecified atom stereocenters. The average molecular weight is 148 g/mol. The molecule has 0 aromatic heterocycles. The van der Waals surface area contributed by atoms with Crippen LogP contribution in [0.1, 0.15) is 0 Å². The zero-order chi connectivity index (χ0) is 7.56. The lowest BCUT2D eigenvalue weighted by molar-refractivity contribution is -0.240. The van der Waals surface area contributed by atoms with Gasteiger partial charge in [0.05, 0.1) is 19.3 Å². The Morgan fingerprint density at radius 2 is 2.30 bits per heavy atom. The van der Waals surface area contributed by atoms with Crippen LogP contribution in [0.4, 0.5) is 0 Å². The zero-order valence-electron chi connectivity index (χ0n) is 5.19. The number of ether oxygens (including phenoxy) is 1. The van der Waals surface area contributed by atoms with Crippen molar-refractivity contribution in [2.45, 2.75) is 6.10 Å². The highest BCUT2D eigenvalue weighted by Gasteiger charge is 2.34. The molecule has 58 valence electrons. The molecule has 0 spiro atoms. The summed E-state index contributed by atoms with van der Waals surface area (Å²) in [5.74, 6) is -1.57. The molecule has 1 aliphatic heterocycles. The first-order valence-electron chi connectivity index (χ1n) is 2.86. The van der Waals surface area contributed by atoms with Crippen LogP contribution in [0.3, 0.4) is 0 Å². The number of carbonyl (C=O) groups excluding carboxylic acids is 1. The van der Waals surface area contributed by atoms with Gasteiger partial charge in [-0.05, 0) is 0 Å². The van der Waals surface area contributed by atoms with Crippen molar-refractivity contribution in [3.63, 3.8) is 0 Å². The maximum absolute atomic E-state index is 10.5. The first-order chi connectivity index (χ1) is 4.75. The van der Waals surface area contributed by atoms with Crippen LogP contribution in [0.2, 0.25) is 0 Å². The molecule has 5 nitrogen and oxygen atoms in total. The van der Waals surface area contributed by atoms with E-state index in [1.165, 1.54) is 0 Å². The average Bonchev–Trinajstić information content (AvgIpc) is 2.34. The van der Waals surface area contributed by atoms with Gasteiger partial charge in [0.2, 0.25) is 0 Å². The van der Waals surface area contributed by atoms with Gasteiger partial charge in [-0.25, -0.2) is 4.79 Å². The normalized spacial score (nSPS) is 32.2. The third-order valence-electron chi connectivity index (χ3n) is 1.44. The second-order valence-corrected chi connectivity index (χ2v) is 2.12. The van der Waals surface area contributed by atoms with Gasteiger partial charge in [0.15, 0.2) is 0 Å². The van der Waals surface area contributed by atoms with Crippen LogP contribution in [-0.2, 0) is 14.4 Å². The quantitative estimate of drug-likeness (QED) is 0.369. The standard InChI is InChI=1S/C5H8O5/c6-4-2-9-1-3(4)5(7)10-8/h3-4,6,8H,1-2H2/t3-,4-/m0/s1. The van der Waals surface area contributed by atoms with Crippen molar-refractivity contribution in [3.8, 4) is 0 Å². The Balaban J connectivity index is 2.46. The topological polar surface area (TPSA) is 76.0 Å². The Morgan fingerprint density at radius 1 is 1.60 bits per heavy atom. The van der Waals surface area contributed by atoms with Crippen molar-refractivity contribution in [1.29, 1.82) is 0 Å². The van der Waals surface area contributed by atoms with Gasteiger partial charge in [0, 0.05) is 0 Å². The van der Waals surface area contributed by atoms with E-state index in [9.17, 15) is 4.79 Å². The Hall–Kier alpha value is -0.650. The summed E-state index contributed by atoms with van der Waals surface area (Å²) in [6.07, 6.45) is -0.848. The summed E-state index contributed by atoms with van der Waals surface area (Å²) in [4.78, 5) is 13.9. The number of hydrogen-bond acceptors (Lipinski definition) is 5. The molecule has 1 aliphatic rings. The van der Waals surface area contributed by atoms with Crippen LogP contribution in [0.15, 0.2) is 0 Å². The van der Waals surface area contributed by atoms with E-state index >= 15 is 0 Å². The SMILES string of the molecule is O=C(OO)[C@H]1COC[C@@H]1O. The lowest BCUT2D eigenvalue weighted by Crippen LogP contribution is -2.27. The fraction of sp³-hybridized carbons (Fsp3) is 0.800. The van der Waals surface area contributed by atoms with Crippen LogP contribution in [0.25, 0.3) is 0 Å². The fourth-order valence-corrected chi connectivity index (χ4v) is 0.836. The molecular weight excluding hydrogens is 140 g/mol. The van der Waals surface area contributed by atoms with Crippen LogP contribution >= 0.6 is 0 Å². The van der Waals surface area contributed by atoms with Gasteiger partial charge >= 0.3 is 5.97 Å². The summed E-state index contributed by atoms with van der Waals surface area (Å²) in [5, 5.41) is 16.9. The molecule has 0 saturated carbocycles. The third kappa shape index (κ3) is 1.26. The van der Waals surface area contributed by atoms with Gasteiger partial charge in [0.25, 0.3) is 0 Å². The number of hydrogen-bond donors (Lipinski definition) is 2. The molecule has 1 rings (SSSR count). The smallest absolute Gasteiger partial charge is 0.350 e. The molecule has 0 amide bonds. The van der Waals surface area contributed by atoms with E-state index in [0.717, 1.165) is 0 Å². The van der Waals surface area contributed by atoms with Gasteiger partial charge in [-0.3, -0.25) is 0 Å². The van der Waals surface area contributed by atoms with E-state index in [0.29, 0.717) is 0 Å². The second kappa shape index (κ2) is 2.96. The Labute approximate surface area is 57.1 Å². The summed E-state index contributed by atoms with van der Waals surface area (Å²) >= 11 is 0. The van der Waals surface area contributed by atoms with Gasteiger partial charge in [-0.2, -0.15) is 5.26 Å². The van der Waals surface area contributed by atoms with Crippen molar-refractivity contribution in [1.82, 2.24) is 0 Å². The van der Waals surface area contributed by atoms with Crippen LogP contribution in [0, 0.1) is 5.92 Å². The van der Waals surface area contributed by atoms with E-state index in [-0.39, 0.29) is 13.2 Å². The van der Waals surface area contributed by atoms with Gasteiger partial charge in [-0.1, -0.05) is 0 Å². The molecule has 0 aromatic rings. The largest absolute Gasteiger partial charge is 0.390 e. The minimum atomic E-state index is -0.848. The van der Waals surface area contributed by atoms with Gasteiger partial charge in [-0.15, -0.1) is 0 Å². The van der Waals surface area contributed by atoms with E-state index in [1.54, 1.807) is 0 Å². The monoisotopic (exact) mass is 148 g/mol. The molecule has 2 atom stereocenters. The van der Waals surface area contributed by atoms with Gasteiger partial charge < -0.3 is 14.7 Å². The summed E-state index contributed by atoms with van der Waals surface area (Å²) in [7, 11) is 0. The number of rotatable bonds is 1. The summed E-state index contributed by atoms with van der Waals surface area (Å²) < 4.78 is 4.73. The van der Waals surface area contributed by atoms with E-state index < -0.39 is 18.0 Å². The second-order valence-electron chi connectivity index (χ2n) is 2.12. The molecular formula is C5H8O5. The highest BCUT2D eigenvalue weighted by atomic mass is 17.1. The fourth-order valence-electron chi connectivity index (χ4n) is 0.836. The van der Waals surface area contributed by atoms with E-state index in [4.69, 9.17) is 15.1 Å². The van der Waals surface area contributed by atoms with E-state index in [1.807, 2.05) is 0 Å². The number of carbonyl (C=O) groups is 1. The van der Waals surface area contributed by atoms with Crippen LogP contribution < -0.4 is 0 Å². The number of aliphatic hydroxyl groups is 1. The predicted octanol–water partition coefficient (Wildman–Crippen LogP) is -0.990. The predicted molar refractivity (Wildman–Crippen MR) is 29.0 cm³/mol. The Morgan fingerprint density at radius 3 is 2.70 bits per heavy atom. The first-order valence-corrected chi connectivity index (χ1v) is 2.86. The van der Waals surface area contributed by atoms with Crippen molar-refractivity contribution in [2.24, 2.45) is 5.92 Å². The third-order valence-corrected chi connectivity index (χ3v) is 1.44. The molecule has 0 radical (unpaired) electrons. The highest BCUT2D eigenvalue weighted by molar-refractivity contribution is 5.72. The number of aliphatic hydroxyl groups excluding tert-OH is 1. The van der Waals surface area contributed by atoms with Crippen molar-refractivity contribution < 1.29 is 24.8 Å². The minimum Gasteiger partial charge on any atom is -0.390 e. The molecule has 1 fully saturated rings. The molecule has 0 aromatic carbocycles. The molecule has 5 heteroatoms.